The molecule has 4 rings (SSSR count). The lowest BCUT2D eigenvalue weighted by Crippen LogP contribution is -2.48. The van der Waals surface area contributed by atoms with E-state index < -0.39 is 28.1 Å². The maximum Gasteiger partial charge on any atom is 0.327 e. The van der Waals surface area contributed by atoms with Gasteiger partial charge in [-0.1, -0.05) is 6.92 Å². The molecular formula is C23H27N3O7S2. The third-order valence-corrected chi connectivity index (χ3v) is 8.56. The van der Waals surface area contributed by atoms with E-state index in [0.717, 1.165) is 29.7 Å². The largest absolute Gasteiger partial charge is 0.497 e. The number of methoxy groups -OCH3 is 1. The third-order valence-electron chi connectivity index (χ3n) is 5.95. The molecule has 2 heterocycles. The van der Waals surface area contributed by atoms with E-state index in [1.165, 1.54) is 49.6 Å². The first-order valence-electron chi connectivity index (χ1n) is 11.1. The van der Waals surface area contributed by atoms with Crippen molar-refractivity contribution in [2.45, 2.75) is 56.8 Å². The van der Waals surface area contributed by atoms with Crippen LogP contribution in [0.3, 0.4) is 0 Å². The number of benzene rings is 1. The van der Waals surface area contributed by atoms with Gasteiger partial charge in [-0.3, -0.25) is 9.59 Å². The van der Waals surface area contributed by atoms with E-state index in [-0.39, 0.29) is 22.9 Å². The fourth-order valence-electron chi connectivity index (χ4n) is 4.02. The van der Waals surface area contributed by atoms with Gasteiger partial charge >= 0.3 is 5.97 Å². The Morgan fingerprint density at radius 3 is 2.71 bits per heavy atom. The number of ether oxygens (including phenoxy) is 2. The first-order valence-corrected chi connectivity index (χ1v) is 13.4. The summed E-state index contributed by atoms with van der Waals surface area (Å²) in [5.74, 6) is 0.160. The number of esters is 1. The summed E-state index contributed by atoms with van der Waals surface area (Å²) in [5, 5.41) is 10.6. The van der Waals surface area contributed by atoms with Gasteiger partial charge in [0.25, 0.3) is 5.56 Å². The van der Waals surface area contributed by atoms with Crippen LogP contribution in [-0.2, 0) is 39.0 Å². The Kier molecular flexibility index (Phi) is 7.27. The number of thiophene rings is 1. The molecule has 0 amide bonds. The van der Waals surface area contributed by atoms with E-state index >= 15 is 0 Å². The number of aromatic amines is 1. The Balaban J connectivity index is 1.49. The van der Waals surface area contributed by atoms with E-state index in [2.05, 4.69) is 21.6 Å². The highest BCUT2D eigenvalue weighted by Crippen LogP contribution is 2.35. The van der Waals surface area contributed by atoms with E-state index in [1.807, 2.05) is 0 Å². The molecule has 2 aromatic heterocycles. The summed E-state index contributed by atoms with van der Waals surface area (Å²) in [6.45, 7) is 3.07. The van der Waals surface area contributed by atoms with Gasteiger partial charge in [-0.25, -0.2) is 13.4 Å². The number of H-pyrrole nitrogens is 1. The maximum absolute atomic E-state index is 12.7. The van der Waals surface area contributed by atoms with E-state index in [4.69, 9.17) is 9.47 Å². The van der Waals surface area contributed by atoms with E-state index in [9.17, 15) is 23.1 Å². The molecule has 3 atom stereocenters. The molecule has 0 spiro atoms. The van der Waals surface area contributed by atoms with Gasteiger partial charge in [-0.2, -0.15) is 4.72 Å². The predicted octanol–water partition coefficient (Wildman–Crippen LogP) is 1.89. The Bertz CT molecular complexity index is 1390. The van der Waals surface area contributed by atoms with Crippen molar-refractivity contribution in [3.05, 3.63) is 50.9 Å². The molecule has 0 saturated carbocycles. The van der Waals surface area contributed by atoms with Crippen LogP contribution in [0, 0.1) is 5.92 Å². The second-order valence-electron chi connectivity index (χ2n) is 8.67. The lowest BCUT2D eigenvalue weighted by atomic mass is 9.89. The summed E-state index contributed by atoms with van der Waals surface area (Å²) in [7, 11) is -2.69. The van der Waals surface area contributed by atoms with Crippen molar-refractivity contribution >= 4 is 37.5 Å². The molecule has 10 nitrogen and oxygen atoms in total. The number of sulfonamides is 1. The molecule has 0 saturated heterocycles. The van der Waals surface area contributed by atoms with Crippen molar-refractivity contribution in [2.24, 2.45) is 5.92 Å². The maximum atomic E-state index is 12.7. The molecule has 3 aromatic rings. The Labute approximate surface area is 206 Å². The molecule has 1 aliphatic rings. The Hall–Kier alpha value is -2.80. The smallest absolute Gasteiger partial charge is 0.327 e. The van der Waals surface area contributed by atoms with Crippen LogP contribution >= 0.6 is 11.3 Å². The molecule has 188 valence electrons. The minimum absolute atomic E-state index is 0.107. The standard InChI is InChI=1S/C23H27N3O7S2/c1-12-4-9-16-17(10-12)34-22-19(16)21(28)24-18(25-22)11-33-23(29)20(13(2)27)26-35(30,31)15-7-5-14(32-3)6-8-15/h5-8,12-13,20,26-27H,4,9-11H2,1-3H3,(H,24,25,28)/t12-,13+,20+/m1/s1. The molecule has 0 unspecified atom stereocenters. The zero-order valence-electron chi connectivity index (χ0n) is 19.5. The summed E-state index contributed by atoms with van der Waals surface area (Å²) < 4.78 is 37.8. The van der Waals surface area contributed by atoms with E-state index in [1.54, 1.807) is 0 Å². The lowest BCUT2D eigenvalue weighted by Gasteiger charge is -2.20. The normalized spacial score (nSPS) is 17.5. The number of hydrogen-bond donors (Lipinski definition) is 3. The van der Waals surface area contributed by atoms with Crippen molar-refractivity contribution in [2.75, 3.05) is 7.11 Å². The number of aryl methyl sites for hydroxylation is 1. The number of aliphatic hydroxyl groups is 1. The number of fused-ring (bicyclic) bond motifs is 3. The predicted molar refractivity (Wildman–Crippen MR) is 130 cm³/mol. The second-order valence-corrected chi connectivity index (χ2v) is 11.5. The molecule has 12 heteroatoms. The third kappa shape index (κ3) is 5.40. The van der Waals surface area contributed by atoms with Gasteiger partial charge < -0.3 is 19.6 Å². The van der Waals surface area contributed by atoms with Gasteiger partial charge in [-0.05, 0) is 61.9 Å². The van der Waals surface area contributed by atoms with Gasteiger partial charge in [0.1, 0.15) is 29.1 Å². The highest BCUT2D eigenvalue weighted by atomic mass is 32.2. The molecule has 3 N–H and O–H groups in total. The Morgan fingerprint density at radius 2 is 2.06 bits per heavy atom. The van der Waals surface area contributed by atoms with Crippen LogP contribution in [-0.4, -0.2) is 48.7 Å². The summed E-state index contributed by atoms with van der Waals surface area (Å²) >= 11 is 1.47. The molecule has 0 fully saturated rings. The highest BCUT2D eigenvalue weighted by molar-refractivity contribution is 7.89. The molecule has 1 aromatic carbocycles. The van der Waals surface area contributed by atoms with Crippen molar-refractivity contribution in [3.63, 3.8) is 0 Å². The van der Waals surface area contributed by atoms with Crippen LogP contribution in [0.15, 0.2) is 34.0 Å². The average Bonchev–Trinajstić information content (AvgIpc) is 3.18. The molecule has 1 aliphatic carbocycles. The fraction of sp³-hybridized carbons (Fsp3) is 0.435. The minimum atomic E-state index is -4.14. The highest BCUT2D eigenvalue weighted by Gasteiger charge is 2.31. The fourth-order valence-corrected chi connectivity index (χ4v) is 6.68. The van der Waals surface area contributed by atoms with Gasteiger partial charge in [0.15, 0.2) is 0 Å². The number of aliphatic hydroxyl groups excluding tert-OH is 1. The van der Waals surface area contributed by atoms with Crippen molar-refractivity contribution < 1.29 is 27.8 Å². The summed E-state index contributed by atoms with van der Waals surface area (Å²) in [5.41, 5.74) is 0.753. The number of aromatic nitrogens is 2. The van der Waals surface area contributed by atoms with Crippen LogP contribution < -0.4 is 15.0 Å². The van der Waals surface area contributed by atoms with Crippen LogP contribution in [0.25, 0.3) is 10.2 Å². The quantitative estimate of drug-likeness (QED) is 0.381. The van der Waals surface area contributed by atoms with Crippen LogP contribution in [0.1, 0.15) is 36.5 Å². The first-order chi connectivity index (χ1) is 16.6. The summed E-state index contributed by atoms with van der Waals surface area (Å²) in [6, 6.07) is 4.00. The zero-order chi connectivity index (χ0) is 25.3. The van der Waals surface area contributed by atoms with Gasteiger partial charge in [0, 0.05) is 4.88 Å². The molecule has 0 aliphatic heterocycles. The van der Waals surface area contributed by atoms with Gasteiger partial charge in [-0.15, -0.1) is 11.3 Å². The number of carbonyl (C=O) groups excluding carboxylic acids is 1. The SMILES string of the molecule is COc1ccc(S(=O)(=O)N[C@H](C(=O)OCc2nc3sc4c(c3c(=O)[nH]2)CC[C@@H](C)C4)[C@H](C)O)cc1. The monoisotopic (exact) mass is 521 g/mol. The molecular weight excluding hydrogens is 494 g/mol. The Morgan fingerprint density at radius 1 is 1.34 bits per heavy atom. The topological polar surface area (TPSA) is 148 Å². The molecule has 0 radical (unpaired) electrons. The summed E-state index contributed by atoms with van der Waals surface area (Å²) in [4.78, 5) is 34.1. The molecule has 35 heavy (non-hydrogen) atoms. The first kappa shape index (κ1) is 25.3. The van der Waals surface area contributed by atoms with Crippen LogP contribution in [0.4, 0.5) is 0 Å². The van der Waals surface area contributed by atoms with Gasteiger partial charge in [0.2, 0.25) is 10.0 Å². The number of nitrogens with one attached hydrogen (secondary N) is 2. The lowest BCUT2D eigenvalue weighted by molar-refractivity contribution is -0.149. The van der Waals surface area contributed by atoms with Crippen molar-refractivity contribution in [1.29, 1.82) is 0 Å². The number of hydrogen-bond acceptors (Lipinski definition) is 9. The second kappa shape index (κ2) is 10.1. The van der Waals surface area contributed by atoms with Crippen LogP contribution in [0.2, 0.25) is 0 Å². The number of carbonyl (C=O) groups is 1. The number of nitrogens with zero attached hydrogens (tertiary/aromatic N) is 1. The van der Waals surface area contributed by atoms with Crippen molar-refractivity contribution in [1.82, 2.24) is 14.7 Å². The number of rotatable bonds is 8. The van der Waals surface area contributed by atoms with Crippen molar-refractivity contribution in [3.8, 4) is 5.75 Å². The average molecular weight is 522 g/mol. The van der Waals surface area contributed by atoms with E-state index in [0.29, 0.717) is 21.9 Å². The zero-order valence-corrected chi connectivity index (χ0v) is 21.2. The summed E-state index contributed by atoms with van der Waals surface area (Å²) in [6.07, 6.45) is 1.38. The molecule has 0 bridgehead atoms. The minimum Gasteiger partial charge on any atom is -0.497 e. The van der Waals surface area contributed by atoms with Gasteiger partial charge in [0.05, 0.1) is 23.5 Å². The van der Waals surface area contributed by atoms with Crippen LogP contribution in [0.5, 0.6) is 5.75 Å².